The number of benzene rings is 4. The molecule has 1 aliphatic rings. The van der Waals surface area contributed by atoms with Crippen LogP contribution in [0.25, 0.3) is 23.0 Å². The van der Waals surface area contributed by atoms with Gasteiger partial charge in [-0.3, -0.25) is 9.69 Å². The number of thioether (sulfide) groups is 1. The van der Waals surface area contributed by atoms with Gasteiger partial charge in [-0.2, -0.15) is 5.10 Å². The quantitative estimate of drug-likeness (QED) is 0.130. The van der Waals surface area contributed by atoms with Crippen LogP contribution in [0.4, 0.5) is 0 Å². The second-order valence-electron chi connectivity index (χ2n) is 9.79. The lowest BCUT2D eigenvalue weighted by Crippen LogP contribution is -2.30. The molecule has 0 saturated carbocycles. The van der Waals surface area contributed by atoms with Gasteiger partial charge in [-0.1, -0.05) is 96.2 Å². The van der Waals surface area contributed by atoms with Gasteiger partial charge in [0.1, 0.15) is 16.7 Å². The maximum atomic E-state index is 13.6. The highest BCUT2D eigenvalue weighted by Gasteiger charge is 2.36. The van der Waals surface area contributed by atoms with Crippen LogP contribution in [0.5, 0.6) is 5.75 Å². The van der Waals surface area contributed by atoms with Crippen molar-refractivity contribution in [1.82, 2.24) is 14.7 Å². The lowest BCUT2D eigenvalue weighted by Gasteiger charge is -2.23. The molecule has 1 aliphatic heterocycles. The van der Waals surface area contributed by atoms with E-state index in [1.807, 2.05) is 133 Å². The molecule has 0 N–H and O–H groups in total. The Kier molecular flexibility index (Phi) is 8.24. The number of hydrogen-bond acceptors (Lipinski definition) is 5. The van der Waals surface area contributed by atoms with E-state index < -0.39 is 0 Å². The zero-order valence-corrected chi connectivity index (χ0v) is 25.1. The number of halogens is 1. The number of rotatable bonds is 8. The van der Waals surface area contributed by atoms with Gasteiger partial charge >= 0.3 is 0 Å². The fraction of sp³-hybridized carbons (Fsp3) is 0.0882. The monoisotopic (exact) mass is 607 g/mol. The molecule has 8 heteroatoms. The van der Waals surface area contributed by atoms with Crippen molar-refractivity contribution in [1.29, 1.82) is 0 Å². The average molecular weight is 608 g/mol. The SMILES string of the molecule is CC(c1ccccc1)N1C(=O)/C(=C/c2cn(-c3ccccc3)nc2-c2ccc(OCc3ccc(Cl)cc3)cc2)SC1=S. The van der Waals surface area contributed by atoms with Gasteiger partial charge in [-0.05, 0) is 72.7 Å². The summed E-state index contributed by atoms with van der Waals surface area (Å²) in [6.45, 7) is 2.44. The second kappa shape index (κ2) is 12.4. The van der Waals surface area contributed by atoms with Crippen molar-refractivity contribution >= 4 is 51.9 Å². The van der Waals surface area contributed by atoms with Crippen LogP contribution in [0.15, 0.2) is 120 Å². The highest BCUT2D eigenvalue weighted by molar-refractivity contribution is 8.26. The minimum absolute atomic E-state index is 0.106. The molecular formula is C34H26ClN3O2S2. The topological polar surface area (TPSA) is 47.4 Å². The molecule has 1 aromatic heterocycles. The van der Waals surface area contributed by atoms with Crippen molar-refractivity contribution in [2.45, 2.75) is 19.6 Å². The van der Waals surface area contributed by atoms with E-state index in [0.717, 1.165) is 39.4 Å². The summed E-state index contributed by atoms with van der Waals surface area (Å²) in [7, 11) is 0. The van der Waals surface area contributed by atoms with Gasteiger partial charge < -0.3 is 4.74 Å². The Morgan fingerprint density at radius 3 is 2.29 bits per heavy atom. The van der Waals surface area contributed by atoms with Gasteiger partial charge in [-0.25, -0.2) is 4.68 Å². The molecular weight excluding hydrogens is 582 g/mol. The van der Waals surface area contributed by atoms with Crippen LogP contribution in [-0.2, 0) is 11.4 Å². The van der Waals surface area contributed by atoms with Crippen LogP contribution in [0.3, 0.4) is 0 Å². The summed E-state index contributed by atoms with van der Waals surface area (Å²) in [6, 6.07) is 35.1. The highest BCUT2D eigenvalue weighted by atomic mass is 35.5. The fourth-order valence-corrected chi connectivity index (χ4v) is 6.26. The van der Waals surface area contributed by atoms with Crippen LogP contribution >= 0.6 is 35.6 Å². The van der Waals surface area contributed by atoms with Crippen LogP contribution < -0.4 is 4.74 Å². The summed E-state index contributed by atoms with van der Waals surface area (Å²) in [5.74, 6) is 0.638. The van der Waals surface area contributed by atoms with Gasteiger partial charge in [0.2, 0.25) is 0 Å². The van der Waals surface area contributed by atoms with Crippen LogP contribution in [0, 0.1) is 0 Å². The summed E-state index contributed by atoms with van der Waals surface area (Å²) < 4.78 is 8.36. The average Bonchev–Trinajstić information content (AvgIpc) is 3.57. The zero-order chi connectivity index (χ0) is 29.1. The first-order valence-electron chi connectivity index (χ1n) is 13.4. The van der Waals surface area contributed by atoms with Gasteiger partial charge in [0.05, 0.1) is 22.3 Å². The van der Waals surface area contributed by atoms with Crippen molar-refractivity contribution in [2.75, 3.05) is 0 Å². The van der Waals surface area contributed by atoms with E-state index in [0.29, 0.717) is 20.9 Å². The van der Waals surface area contributed by atoms with E-state index in [1.165, 1.54) is 11.8 Å². The molecule has 4 aromatic carbocycles. The molecule has 6 rings (SSSR count). The number of carbonyl (C=O) groups is 1. The summed E-state index contributed by atoms with van der Waals surface area (Å²) in [6.07, 6.45) is 3.84. The van der Waals surface area contributed by atoms with E-state index in [4.69, 9.17) is 33.7 Å². The molecule has 5 nitrogen and oxygen atoms in total. The van der Waals surface area contributed by atoms with Gasteiger partial charge in [-0.15, -0.1) is 0 Å². The predicted octanol–water partition coefficient (Wildman–Crippen LogP) is 8.73. The van der Waals surface area contributed by atoms with E-state index in [1.54, 1.807) is 4.90 Å². The largest absolute Gasteiger partial charge is 0.489 e. The molecule has 5 aromatic rings. The van der Waals surface area contributed by atoms with E-state index >= 15 is 0 Å². The van der Waals surface area contributed by atoms with Crippen molar-refractivity contribution < 1.29 is 9.53 Å². The molecule has 1 fully saturated rings. The van der Waals surface area contributed by atoms with Crippen LogP contribution in [-0.4, -0.2) is 24.9 Å². The Balaban J connectivity index is 1.30. The van der Waals surface area contributed by atoms with E-state index in [2.05, 4.69) is 0 Å². The van der Waals surface area contributed by atoms with Gasteiger partial charge in [0, 0.05) is 22.3 Å². The van der Waals surface area contributed by atoms with Crippen molar-refractivity contribution in [3.63, 3.8) is 0 Å². The Hall–Kier alpha value is -4.17. The third-order valence-corrected chi connectivity index (χ3v) is 8.57. The predicted molar refractivity (Wildman–Crippen MR) is 175 cm³/mol. The first kappa shape index (κ1) is 28.0. The molecule has 1 unspecified atom stereocenters. The zero-order valence-electron chi connectivity index (χ0n) is 22.7. The molecule has 1 atom stereocenters. The Bertz CT molecular complexity index is 1750. The molecule has 0 spiro atoms. The minimum Gasteiger partial charge on any atom is -0.489 e. The fourth-order valence-electron chi connectivity index (χ4n) is 4.72. The molecule has 208 valence electrons. The number of carbonyl (C=O) groups excluding carboxylic acids is 1. The van der Waals surface area contributed by atoms with E-state index in [9.17, 15) is 4.79 Å². The Labute approximate surface area is 259 Å². The smallest absolute Gasteiger partial charge is 0.266 e. The summed E-state index contributed by atoms with van der Waals surface area (Å²) >= 11 is 13.0. The Morgan fingerprint density at radius 2 is 1.60 bits per heavy atom. The molecule has 0 aliphatic carbocycles. The van der Waals surface area contributed by atoms with Crippen molar-refractivity contribution in [3.05, 3.63) is 142 Å². The third-order valence-electron chi connectivity index (χ3n) is 6.99. The second-order valence-corrected chi connectivity index (χ2v) is 11.9. The first-order chi connectivity index (χ1) is 20.5. The normalized spacial score (nSPS) is 14.9. The number of thiocarbonyl (C=S) groups is 1. The lowest BCUT2D eigenvalue weighted by molar-refractivity contribution is -0.123. The standard InChI is InChI=1S/C34H26ClN3O2S2/c1-23(25-8-4-2-5-9-25)38-33(39)31(42-34(38)41)20-27-21-37(29-10-6-3-7-11-29)36-32(27)26-14-18-30(19-15-26)40-22-24-12-16-28(35)17-13-24/h2-21,23H,22H2,1H3/b31-20-. The first-order valence-corrected chi connectivity index (χ1v) is 15.0. The molecule has 0 bridgehead atoms. The van der Waals surface area contributed by atoms with Crippen LogP contribution in [0.1, 0.15) is 29.7 Å². The van der Waals surface area contributed by atoms with Crippen molar-refractivity contribution in [3.8, 4) is 22.7 Å². The number of para-hydroxylation sites is 1. The molecule has 1 amide bonds. The number of aromatic nitrogens is 2. The molecule has 2 heterocycles. The third kappa shape index (κ3) is 6.04. The van der Waals surface area contributed by atoms with Gasteiger partial charge in [0.25, 0.3) is 5.91 Å². The summed E-state index contributed by atoms with van der Waals surface area (Å²) in [4.78, 5) is 15.9. The summed E-state index contributed by atoms with van der Waals surface area (Å²) in [5.41, 5.74) is 5.47. The number of hydrogen-bond donors (Lipinski definition) is 0. The molecule has 42 heavy (non-hydrogen) atoms. The Morgan fingerprint density at radius 1 is 0.929 bits per heavy atom. The molecule has 0 radical (unpaired) electrons. The van der Waals surface area contributed by atoms with Crippen LogP contribution in [0.2, 0.25) is 5.02 Å². The highest BCUT2D eigenvalue weighted by Crippen LogP contribution is 2.39. The lowest BCUT2D eigenvalue weighted by atomic mass is 10.1. The van der Waals surface area contributed by atoms with E-state index in [-0.39, 0.29) is 11.9 Å². The maximum Gasteiger partial charge on any atom is 0.266 e. The van der Waals surface area contributed by atoms with Crippen molar-refractivity contribution in [2.24, 2.45) is 0 Å². The number of ether oxygens (including phenoxy) is 1. The maximum absolute atomic E-state index is 13.6. The number of amides is 1. The molecule has 1 saturated heterocycles. The number of nitrogens with zero attached hydrogens (tertiary/aromatic N) is 3. The minimum atomic E-state index is -0.170. The summed E-state index contributed by atoms with van der Waals surface area (Å²) in [5, 5.41) is 5.62. The van der Waals surface area contributed by atoms with Gasteiger partial charge in [0.15, 0.2) is 0 Å².